The van der Waals surface area contributed by atoms with Gasteiger partial charge in [-0.15, -0.1) is 0 Å². The number of hydrogen-bond donors (Lipinski definition) is 1. The maximum atomic E-state index is 14.5. The summed E-state index contributed by atoms with van der Waals surface area (Å²) in [4.78, 5) is 0. The molecule has 0 aromatic heterocycles. The van der Waals surface area contributed by atoms with Gasteiger partial charge in [0.1, 0.15) is 5.82 Å². The zero-order valence-corrected chi connectivity index (χ0v) is 14.4. The summed E-state index contributed by atoms with van der Waals surface area (Å²) in [7, 11) is 0. The highest BCUT2D eigenvalue weighted by Crippen LogP contribution is 2.50. The van der Waals surface area contributed by atoms with E-state index in [1.54, 1.807) is 12.1 Å². The quantitative estimate of drug-likeness (QED) is 0.806. The largest absolute Gasteiger partial charge is 0.377 e. The Hall–Kier alpha value is -2.09. The van der Waals surface area contributed by atoms with Crippen molar-refractivity contribution in [3.05, 3.63) is 63.9 Å². The van der Waals surface area contributed by atoms with Gasteiger partial charge in [0.15, 0.2) is 0 Å². The predicted molar refractivity (Wildman–Crippen MR) is 94.9 cm³/mol. The highest BCUT2D eigenvalue weighted by molar-refractivity contribution is 6.31. The maximum Gasteiger partial charge on any atom is 0.129 e. The van der Waals surface area contributed by atoms with Gasteiger partial charge >= 0.3 is 0 Å². The summed E-state index contributed by atoms with van der Waals surface area (Å²) in [6, 6.07) is 12.7. The first-order valence-corrected chi connectivity index (χ1v) is 8.88. The average molecular weight is 357 g/mol. The number of fused-ring (bicyclic) bond motifs is 3. The van der Waals surface area contributed by atoms with Crippen molar-refractivity contribution in [1.82, 2.24) is 0 Å². The molecule has 2 aromatic carbocycles. The van der Waals surface area contributed by atoms with Crippen molar-refractivity contribution < 1.29 is 9.13 Å². The number of hydrogen-bond acceptors (Lipinski definition) is 3. The number of ether oxygens (including phenoxy) is 1. The standard InChI is InChI=1S/C20H18ClFN2O/c21-15-4-1-5-16(22)18(15)19-13-3-2-10-25-20(13)14-11-12(8-9-23)6-7-17(14)24-19/h1,4-7,11,13,19-20,24H,2-3,8,10H2. The van der Waals surface area contributed by atoms with E-state index in [-0.39, 0.29) is 23.9 Å². The van der Waals surface area contributed by atoms with E-state index in [0.717, 1.165) is 29.7 Å². The van der Waals surface area contributed by atoms with Gasteiger partial charge in [0.2, 0.25) is 0 Å². The van der Waals surface area contributed by atoms with Crippen LogP contribution in [0.5, 0.6) is 0 Å². The summed E-state index contributed by atoms with van der Waals surface area (Å²) < 4.78 is 20.6. The molecule has 3 atom stereocenters. The van der Waals surface area contributed by atoms with Crippen LogP contribution in [-0.2, 0) is 11.2 Å². The number of anilines is 1. The minimum Gasteiger partial charge on any atom is -0.377 e. The molecule has 2 heterocycles. The number of nitrogens with zero attached hydrogens (tertiary/aromatic N) is 1. The Balaban J connectivity index is 1.80. The molecule has 0 saturated carbocycles. The van der Waals surface area contributed by atoms with E-state index in [1.165, 1.54) is 6.07 Å². The van der Waals surface area contributed by atoms with Crippen molar-refractivity contribution in [2.45, 2.75) is 31.4 Å². The van der Waals surface area contributed by atoms with Crippen LogP contribution >= 0.6 is 11.6 Å². The van der Waals surface area contributed by atoms with E-state index >= 15 is 0 Å². The molecule has 1 fully saturated rings. The van der Waals surface area contributed by atoms with Gasteiger partial charge in [-0.05, 0) is 36.6 Å². The second-order valence-corrected chi connectivity index (χ2v) is 7.02. The van der Waals surface area contributed by atoms with E-state index in [2.05, 4.69) is 11.4 Å². The molecule has 0 spiro atoms. The predicted octanol–water partition coefficient (Wildman–Crippen LogP) is 5.18. The third kappa shape index (κ3) is 2.88. The molecule has 3 nitrogen and oxygen atoms in total. The summed E-state index contributed by atoms with van der Waals surface area (Å²) in [5, 5.41) is 12.9. The van der Waals surface area contributed by atoms with Crippen LogP contribution in [0.4, 0.5) is 10.1 Å². The molecule has 128 valence electrons. The fraction of sp³-hybridized carbons (Fsp3) is 0.350. The Labute approximate surface area is 151 Å². The van der Waals surface area contributed by atoms with Crippen molar-refractivity contribution >= 4 is 17.3 Å². The Bertz CT molecular complexity index is 828. The second kappa shape index (κ2) is 6.67. The lowest BCUT2D eigenvalue weighted by Crippen LogP contribution is -2.36. The third-order valence-corrected chi connectivity index (χ3v) is 5.45. The first-order chi connectivity index (χ1) is 12.2. The SMILES string of the molecule is N#CCc1ccc2c(c1)C1OCCCC1C(c1c(F)cccc1Cl)N2. The lowest BCUT2D eigenvalue weighted by molar-refractivity contribution is -0.0384. The Kier molecular flexibility index (Phi) is 4.37. The van der Waals surface area contributed by atoms with E-state index < -0.39 is 0 Å². The van der Waals surface area contributed by atoms with Crippen LogP contribution in [-0.4, -0.2) is 6.61 Å². The summed E-state index contributed by atoms with van der Waals surface area (Å²) in [6.07, 6.45) is 2.14. The highest BCUT2D eigenvalue weighted by Gasteiger charge is 2.41. The topological polar surface area (TPSA) is 45.0 Å². The number of nitrogens with one attached hydrogen (secondary N) is 1. The molecule has 0 radical (unpaired) electrons. The molecular weight excluding hydrogens is 339 g/mol. The minimum atomic E-state index is -0.293. The van der Waals surface area contributed by atoms with Gasteiger partial charge in [0.05, 0.1) is 24.6 Å². The molecule has 0 bridgehead atoms. The Morgan fingerprint density at radius 2 is 2.20 bits per heavy atom. The summed E-state index contributed by atoms with van der Waals surface area (Å²) in [5.74, 6) is -0.188. The van der Waals surface area contributed by atoms with E-state index in [4.69, 9.17) is 21.6 Å². The van der Waals surface area contributed by atoms with Gasteiger partial charge in [-0.2, -0.15) is 5.26 Å². The number of benzene rings is 2. The molecule has 2 aliphatic rings. The van der Waals surface area contributed by atoms with Crippen LogP contribution in [0.15, 0.2) is 36.4 Å². The monoisotopic (exact) mass is 356 g/mol. The van der Waals surface area contributed by atoms with Crippen LogP contribution in [0.3, 0.4) is 0 Å². The van der Waals surface area contributed by atoms with Gasteiger partial charge in [-0.3, -0.25) is 0 Å². The van der Waals surface area contributed by atoms with Crippen molar-refractivity contribution in [1.29, 1.82) is 5.26 Å². The molecule has 3 unspecified atom stereocenters. The van der Waals surface area contributed by atoms with Crippen molar-refractivity contribution in [2.24, 2.45) is 5.92 Å². The minimum absolute atomic E-state index is 0.105. The van der Waals surface area contributed by atoms with Crippen LogP contribution < -0.4 is 5.32 Å². The van der Waals surface area contributed by atoms with Gasteiger partial charge in [0.25, 0.3) is 0 Å². The molecule has 2 aromatic rings. The van der Waals surface area contributed by atoms with Gasteiger partial charge < -0.3 is 10.1 Å². The molecule has 0 aliphatic carbocycles. The Morgan fingerprint density at radius 1 is 1.32 bits per heavy atom. The van der Waals surface area contributed by atoms with Crippen LogP contribution in [0.2, 0.25) is 5.02 Å². The van der Waals surface area contributed by atoms with E-state index in [9.17, 15) is 4.39 Å². The molecule has 2 aliphatic heterocycles. The van der Waals surface area contributed by atoms with E-state index in [1.807, 2.05) is 18.2 Å². The normalized spacial score (nSPS) is 24.6. The Morgan fingerprint density at radius 3 is 3.00 bits per heavy atom. The lowest BCUT2D eigenvalue weighted by atomic mass is 9.77. The first-order valence-electron chi connectivity index (χ1n) is 8.51. The van der Waals surface area contributed by atoms with Gasteiger partial charge in [-0.1, -0.05) is 29.8 Å². The smallest absolute Gasteiger partial charge is 0.129 e. The van der Waals surface area contributed by atoms with Crippen molar-refractivity contribution in [3.63, 3.8) is 0 Å². The molecule has 25 heavy (non-hydrogen) atoms. The molecular formula is C20H18ClFN2O. The van der Waals surface area contributed by atoms with Gasteiger partial charge in [-0.25, -0.2) is 4.39 Å². The van der Waals surface area contributed by atoms with Crippen molar-refractivity contribution in [3.8, 4) is 6.07 Å². The van der Waals surface area contributed by atoms with E-state index in [0.29, 0.717) is 23.6 Å². The maximum absolute atomic E-state index is 14.5. The van der Waals surface area contributed by atoms with Crippen LogP contribution in [0.1, 0.15) is 41.7 Å². The molecule has 1 saturated heterocycles. The number of rotatable bonds is 2. The number of nitriles is 1. The molecule has 5 heteroatoms. The summed E-state index contributed by atoms with van der Waals surface area (Å²) >= 11 is 6.33. The summed E-state index contributed by atoms with van der Waals surface area (Å²) in [5.41, 5.74) is 3.46. The zero-order chi connectivity index (χ0) is 17.4. The van der Waals surface area contributed by atoms with Crippen molar-refractivity contribution in [2.75, 3.05) is 11.9 Å². The second-order valence-electron chi connectivity index (χ2n) is 6.61. The first kappa shape index (κ1) is 16.4. The lowest BCUT2D eigenvalue weighted by Gasteiger charge is -2.43. The molecule has 0 amide bonds. The third-order valence-electron chi connectivity index (χ3n) is 5.12. The van der Waals surface area contributed by atoms with Crippen LogP contribution in [0.25, 0.3) is 0 Å². The average Bonchev–Trinajstić information content (AvgIpc) is 2.62. The zero-order valence-electron chi connectivity index (χ0n) is 13.6. The molecule has 4 rings (SSSR count). The van der Waals surface area contributed by atoms with Gasteiger partial charge in [0, 0.05) is 34.4 Å². The highest BCUT2D eigenvalue weighted by atomic mass is 35.5. The fourth-order valence-electron chi connectivity index (χ4n) is 4.02. The van der Waals surface area contributed by atoms with Crippen LogP contribution in [0, 0.1) is 23.1 Å². The fourth-order valence-corrected chi connectivity index (χ4v) is 4.30. The number of halogens is 2. The summed E-state index contributed by atoms with van der Waals surface area (Å²) in [6.45, 7) is 0.695. The molecule has 1 N–H and O–H groups in total.